The molecule has 0 radical (unpaired) electrons. The maximum absolute atomic E-state index is 12.8. The molecule has 27 heavy (non-hydrogen) atoms. The number of nitrogens with zero attached hydrogens (tertiary/aromatic N) is 1. The van der Waals surface area contributed by atoms with Gasteiger partial charge in [-0.1, -0.05) is 12.1 Å². The Labute approximate surface area is 158 Å². The van der Waals surface area contributed by atoms with Crippen molar-refractivity contribution in [3.63, 3.8) is 0 Å². The first-order valence-electron chi connectivity index (χ1n) is 9.45. The summed E-state index contributed by atoms with van der Waals surface area (Å²) in [5, 5.41) is 3.53. The van der Waals surface area contributed by atoms with Crippen molar-refractivity contribution in [2.75, 3.05) is 19.9 Å². The molecule has 6 nitrogen and oxygen atoms in total. The van der Waals surface area contributed by atoms with Gasteiger partial charge in [0.05, 0.1) is 12.5 Å². The number of rotatable bonds is 6. The summed E-state index contributed by atoms with van der Waals surface area (Å²) in [6.07, 6.45) is 3.46. The van der Waals surface area contributed by atoms with Gasteiger partial charge in [-0.05, 0) is 49.6 Å². The van der Waals surface area contributed by atoms with Gasteiger partial charge in [0.2, 0.25) is 6.79 Å². The zero-order chi connectivity index (χ0) is 18.6. The molecule has 4 rings (SSSR count). The van der Waals surface area contributed by atoms with E-state index in [1.54, 1.807) is 6.20 Å². The monoisotopic (exact) mass is 368 g/mol. The van der Waals surface area contributed by atoms with Crippen LogP contribution in [0.3, 0.4) is 0 Å². The number of hydrogen-bond acceptors (Lipinski definition) is 6. The number of esters is 1. The van der Waals surface area contributed by atoms with Crippen molar-refractivity contribution in [3.8, 4) is 11.5 Å². The molecule has 0 unspecified atom stereocenters. The van der Waals surface area contributed by atoms with E-state index >= 15 is 0 Å². The van der Waals surface area contributed by atoms with E-state index in [-0.39, 0.29) is 30.6 Å². The molecule has 2 aromatic rings. The van der Waals surface area contributed by atoms with Gasteiger partial charge < -0.3 is 19.5 Å². The topological polar surface area (TPSA) is 69.7 Å². The highest BCUT2D eigenvalue weighted by molar-refractivity contribution is 5.75. The van der Waals surface area contributed by atoms with Gasteiger partial charge in [-0.3, -0.25) is 9.78 Å². The van der Waals surface area contributed by atoms with Crippen LogP contribution in [0, 0.1) is 5.92 Å². The van der Waals surface area contributed by atoms with Crippen molar-refractivity contribution in [3.05, 3.63) is 53.9 Å². The molecule has 1 saturated heterocycles. The molecular formula is C21H24N2O4. The van der Waals surface area contributed by atoms with E-state index in [0.717, 1.165) is 42.1 Å². The molecule has 0 saturated carbocycles. The molecular weight excluding hydrogens is 344 g/mol. The smallest absolute Gasteiger partial charge is 0.311 e. The Balaban J connectivity index is 1.53. The molecule has 1 aromatic heterocycles. The standard InChI is InChI=1S/C21H24N2O4/c1-2-25-21(24)20-16(14-6-9-18-19(11-14)27-13-26-18)12-23-17(20)8-7-15-5-3-4-10-22-15/h3-6,9-11,16-17,20,23H,2,7-8,12-13H2,1H3/t16-,17-,20+/m1/s1. The third kappa shape index (κ3) is 3.76. The van der Waals surface area contributed by atoms with E-state index in [1.165, 1.54) is 0 Å². The molecule has 3 atom stereocenters. The Bertz CT molecular complexity index is 796. The second-order valence-electron chi connectivity index (χ2n) is 6.87. The number of benzene rings is 1. The highest BCUT2D eigenvalue weighted by Crippen LogP contribution is 2.40. The maximum Gasteiger partial charge on any atom is 0.311 e. The van der Waals surface area contributed by atoms with Gasteiger partial charge in [0.25, 0.3) is 0 Å². The second kappa shape index (κ2) is 7.96. The number of ether oxygens (including phenoxy) is 3. The zero-order valence-corrected chi connectivity index (χ0v) is 15.4. The first kappa shape index (κ1) is 17.8. The minimum absolute atomic E-state index is 0.0484. The van der Waals surface area contributed by atoms with Crippen LogP contribution in [0.25, 0.3) is 0 Å². The van der Waals surface area contributed by atoms with Crippen molar-refractivity contribution in [2.24, 2.45) is 5.92 Å². The van der Waals surface area contributed by atoms with E-state index in [0.29, 0.717) is 6.61 Å². The van der Waals surface area contributed by atoms with Gasteiger partial charge in [0, 0.05) is 30.4 Å². The minimum Gasteiger partial charge on any atom is -0.466 e. The average Bonchev–Trinajstić information content (AvgIpc) is 3.33. The van der Waals surface area contributed by atoms with Crippen LogP contribution < -0.4 is 14.8 Å². The predicted molar refractivity (Wildman–Crippen MR) is 99.8 cm³/mol. The molecule has 2 aliphatic rings. The number of carbonyl (C=O) groups is 1. The summed E-state index contributed by atoms with van der Waals surface area (Å²) in [5.74, 6) is 1.17. The van der Waals surface area contributed by atoms with Crippen LogP contribution in [-0.4, -0.2) is 36.9 Å². The van der Waals surface area contributed by atoms with Crippen LogP contribution in [-0.2, 0) is 16.0 Å². The second-order valence-corrected chi connectivity index (χ2v) is 6.87. The molecule has 0 spiro atoms. The van der Waals surface area contributed by atoms with Gasteiger partial charge >= 0.3 is 5.97 Å². The molecule has 1 N–H and O–H groups in total. The van der Waals surface area contributed by atoms with Crippen molar-refractivity contribution in [1.29, 1.82) is 0 Å². The summed E-state index contributed by atoms with van der Waals surface area (Å²) in [6, 6.07) is 11.9. The molecule has 1 aromatic carbocycles. The Morgan fingerprint density at radius 2 is 2.15 bits per heavy atom. The lowest BCUT2D eigenvalue weighted by molar-refractivity contribution is -0.148. The van der Waals surface area contributed by atoms with Crippen molar-refractivity contribution >= 4 is 5.97 Å². The lowest BCUT2D eigenvalue weighted by Gasteiger charge is -2.23. The molecule has 142 valence electrons. The fraction of sp³-hybridized carbons (Fsp3) is 0.429. The van der Waals surface area contributed by atoms with E-state index in [9.17, 15) is 4.79 Å². The molecule has 6 heteroatoms. The summed E-state index contributed by atoms with van der Waals surface area (Å²) in [6.45, 7) is 3.21. The predicted octanol–water partition coefficient (Wildman–Crippen LogP) is 2.68. The Morgan fingerprint density at radius 3 is 2.96 bits per heavy atom. The Morgan fingerprint density at radius 1 is 1.26 bits per heavy atom. The highest BCUT2D eigenvalue weighted by atomic mass is 16.7. The quantitative estimate of drug-likeness (QED) is 0.791. The van der Waals surface area contributed by atoms with E-state index in [4.69, 9.17) is 14.2 Å². The van der Waals surface area contributed by atoms with Crippen LogP contribution in [0.4, 0.5) is 0 Å². The summed E-state index contributed by atoms with van der Waals surface area (Å²) in [5.41, 5.74) is 2.11. The fourth-order valence-electron chi connectivity index (χ4n) is 3.98. The van der Waals surface area contributed by atoms with Gasteiger partial charge in [-0.15, -0.1) is 0 Å². The third-order valence-corrected chi connectivity index (χ3v) is 5.29. The van der Waals surface area contributed by atoms with Crippen LogP contribution in [0.5, 0.6) is 11.5 Å². The Kier molecular flexibility index (Phi) is 5.25. The minimum atomic E-state index is -0.228. The molecule has 0 bridgehead atoms. The molecule has 1 fully saturated rings. The first-order chi connectivity index (χ1) is 13.3. The van der Waals surface area contributed by atoms with Crippen molar-refractivity contribution in [1.82, 2.24) is 10.3 Å². The van der Waals surface area contributed by atoms with Crippen molar-refractivity contribution in [2.45, 2.75) is 31.7 Å². The summed E-state index contributed by atoms with van der Waals surface area (Å²) >= 11 is 0. The SMILES string of the molecule is CCOC(=O)[C@H]1[C@@H](c2ccc3c(c2)OCO3)CN[C@@H]1CCc1ccccn1. The van der Waals surface area contributed by atoms with Gasteiger partial charge in [-0.2, -0.15) is 0 Å². The highest BCUT2D eigenvalue weighted by Gasteiger charge is 2.42. The van der Waals surface area contributed by atoms with Crippen LogP contribution in [0.1, 0.15) is 30.5 Å². The number of aromatic nitrogens is 1. The number of nitrogens with one attached hydrogen (secondary N) is 1. The van der Waals surface area contributed by atoms with Gasteiger partial charge in [0.15, 0.2) is 11.5 Å². The number of carbonyl (C=O) groups excluding carboxylic acids is 1. The van der Waals surface area contributed by atoms with E-state index in [1.807, 2.05) is 43.3 Å². The largest absolute Gasteiger partial charge is 0.466 e. The molecule has 0 aliphatic carbocycles. The summed E-state index contributed by atoms with van der Waals surface area (Å²) < 4.78 is 16.3. The fourth-order valence-corrected chi connectivity index (χ4v) is 3.98. The van der Waals surface area contributed by atoms with Gasteiger partial charge in [0.1, 0.15) is 0 Å². The lowest BCUT2D eigenvalue weighted by Crippen LogP contribution is -2.34. The van der Waals surface area contributed by atoms with Crippen molar-refractivity contribution < 1.29 is 19.0 Å². The number of pyridine rings is 1. The van der Waals surface area contributed by atoms with Crippen LogP contribution in [0.15, 0.2) is 42.6 Å². The number of fused-ring (bicyclic) bond motifs is 1. The van der Waals surface area contributed by atoms with E-state index in [2.05, 4.69) is 10.3 Å². The molecule has 2 aliphatic heterocycles. The number of aryl methyl sites for hydroxylation is 1. The third-order valence-electron chi connectivity index (χ3n) is 5.29. The number of hydrogen-bond donors (Lipinski definition) is 1. The zero-order valence-electron chi connectivity index (χ0n) is 15.4. The Hall–Kier alpha value is -2.60. The van der Waals surface area contributed by atoms with Crippen LogP contribution in [0.2, 0.25) is 0 Å². The molecule has 0 amide bonds. The lowest BCUT2D eigenvalue weighted by atomic mass is 9.83. The van der Waals surface area contributed by atoms with E-state index < -0.39 is 0 Å². The summed E-state index contributed by atoms with van der Waals surface area (Å²) in [4.78, 5) is 17.1. The average molecular weight is 368 g/mol. The van der Waals surface area contributed by atoms with Gasteiger partial charge in [-0.25, -0.2) is 0 Å². The normalized spacial score (nSPS) is 23.4. The summed E-state index contributed by atoms with van der Waals surface area (Å²) in [7, 11) is 0. The molecule has 3 heterocycles. The maximum atomic E-state index is 12.8. The first-order valence-corrected chi connectivity index (χ1v) is 9.45. The van der Waals surface area contributed by atoms with Crippen LogP contribution >= 0.6 is 0 Å².